The molecule has 0 saturated carbocycles. The van der Waals surface area contributed by atoms with Crippen molar-refractivity contribution in [1.82, 2.24) is 5.32 Å². The Morgan fingerprint density at radius 1 is 0.833 bits per heavy atom. The Balaban J connectivity index is 1.72. The number of methoxy groups -OCH3 is 1. The summed E-state index contributed by atoms with van der Waals surface area (Å²) in [5.41, 5.74) is 4.64. The summed E-state index contributed by atoms with van der Waals surface area (Å²) in [6.07, 6.45) is -0.222. The van der Waals surface area contributed by atoms with Gasteiger partial charge in [0, 0.05) is 12.1 Å². The largest absolute Gasteiger partial charge is 0.497 e. The molecule has 0 saturated heterocycles. The molecule has 0 radical (unpaired) electrons. The number of hydrogen-bond acceptors (Lipinski definition) is 4. The molecule has 0 fully saturated rings. The normalized spacial score (nSPS) is 13.0. The average molecular weight is 502 g/mol. The molecule has 4 aromatic rings. The highest BCUT2D eigenvalue weighted by Crippen LogP contribution is 2.35. The molecular weight excluding hydrogens is 470 g/mol. The van der Waals surface area contributed by atoms with Crippen molar-refractivity contribution in [2.75, 3.05) is 7.11 Å². The third kappa shape index (κ3) is 5.72. The van der Waals surface area contributed by atoms with Crippen LogP contribution in [-0.4, -0.2) is 19.2 Å². The van der Waals surface area contributed by atoms with Crippen LogP contribution >= 0.6 is 11.6 Å². The van der Waals surface area contributed by atoms with Gasteiger partial charge in [-0.25, -0.2) is 4.79 Å². The minimum atomic E-state index is -0.417. The molecule has 4 aromatic carbocycles. The topological polar surface area (TPSA) is 47.6 Å². The molecule has 36 heavy (non-hydrogen) atoms. The summed E-state index contributed by atoms with van der Waals surface area (Å²) in [4.78, 5) is 12.7. The number of carbonyl (C=O) groups excluding carboxylic acids is 1. The van der Waals surface area contributed by atoms with Crippen molar-refractivity contribution in [2.24, 2.45) is 0 Å². The van der Waals surface area contributed by atoms with Crippen LogP contribution < -0.4 is 10.1 Å². The molecule has 1 unspecified atom stereocenters. The van der Waals surface area contributed by atoms with Gasteiger partial charge in [-0.15, -0.1) is 0 Å². The Hall–Kier alpha value is -3.34. The van der Waals surface area contributed by atoms with E-state index in [0.717, 1.165) is 38.8 Å². The number of halogens is 1. The Labute approximate surface area is 218 Å². The van der Waals surface area contributed by atoms with E-state index >= 15 is 0 Å². The van der Waals surface area contributed by atoms with Crippen molar-refractivity contribution >= 4 is 28.3 Å². The maximum Gasteiger partial charge on any atom is 0.339 e. The monoisotopic (exact) mass is 501 g/mol. The molecule has 1 N–H and O–H groups in total. The SMILES string of the molecule is COc1cccc([C@@H](C)NC(C)c2cc(-c3ccc(Cl)c(C(=O)OC(C)C)c3)c3ccccc3c2)c1. The number of rotatable bonds is 8. The van der Waals surface area contributed by atoms with E-state index in [0.29, 0.717) is 10.6 Å². The lowest BCUT2D eigenvalue weighted by Crippen LogP contribution is -2.22. The Bertz CT molecular complexity index is 1380. The zero-order chi connectivity index (χ0) is 25.8. The highest BCUT2D eigenvalue weighted by atomic mass is 35.5. The van der Waals surface area contributed by atoms with Crippen molar-refractivity contribution in [3.05, 3.63) is 101 Å². The molecular formula is C31H32ClNO3. The summed E-state index contributed by atoms with van der Waals surface area (Å²) in [6, 6.07) is 26.6. The standard InChI is InChI=1S/C31H32ClNO3/c1-19(2)36-31(34)29-17-24(13-14-30(29)32)28-18-25(15-23-9-6-7-12-27(23)28)21(4)33-20(3)22-10-8-11-26(16-22)35-5/h6-21,33H,1-5H3/t20-,21?/m1/s1. The number of nitrogens with one attached hydrogen (secondary N) is 1. The Kier molecular flexibility index (Phi) is 7.97. The first-order valence-corrected chi connectivity index (χ1v) is 12.6. The van der Waals surface area contributed by atoms with E-state index in [2.05, 4.69) is 55.6 Å². The van der Waals surface area contributed by atoms with Crippen LogP contribution in [0.1, 0.15) is 61.3 Å². The van der Waals surface area contributed by atoms with Crippen molar-refractivity contribution in [3.63, 3.8) is 0 Å². The molecule has 0 amide bonds. The minimum Gasteiger partial charge on any atom is -0.497 e. The van der Waals surface area contributed by atoms with E-state index in [1.807, 2.05) is 50.2 Å². The fourth-order valence-corrected chi connectivity index (χ4v) is 4.62. The molecule has 0 spiro atoms. The third-order valence-corrected chi connectivity index (χ3v) is 6.65. The smallest absolute Gasteiger partial charge is 0.339 e. The predicted molar refractivity (Wildman–Crippen MR) is 148 cm³/mol. The Morgan fingerprint density at radius 3 is 2.33 bits per heavy atom. The zero-order valence-electron chi connectivity index (χ0n) is 21.3. The van der Waals surface area contributed by atoms with Crippen LogP contribution in [0.5, 0.6) is 5.75 Å². The highest BCUT2D eigenvalue weighted by molar-refractivity contribution is 6.33. The lowest BCUT2D eigenvalue weighted by Gasteiger charge is -2.23. The van der Waals surface area contributed by atoms with Crippen LogP contribution in [0.15, 0.2) is 78.9 Å². The molecule has 5 heteroatoms. The van der Waals surface area contributed by atoms with Crippen molar-refractivity contribution in [1.29, 1.82) is 0 Å². The zero-order valence-corrected chi connectivity index (χ0v) is 22.1. The van der Waals surface area contributed by atoms with Gasteiger partial charge in [-0.1, -0.05) is 54.1 Å². The second-order valence-electron chi connectivity index (χ2n) is 9.32. The molecule has 186 valence electrons. The fraction of sp³-hybridized carbons (Fsp3) is 0.258. The lowest BCUT2D eigenvalue weighted by atomic mass is 9.92. The first-order chi connectivity index (χ1) is 17.3. The second-order valence-corrected chi connectivity index (χ2v) is 9.73. The van der Waals surface area contributed by atoms with Gasteiger partial charge in [-0.2, -0.15) is 0 Å². The van der Waals surface area contributed by atoms with Crippen LogP contribution in [0.3, 0.4) is 0 Å². The van der Waals surface area contributed by atoms with Crippen molar-refractivity contribution in [2.45, 2.75) is 45.9 Å². The average Bonchev–Trinajstić information content (AvgIpc) is 2.87. The van der Waals surface area contributed by atoms with E-state index in [9.17, 15) is 4.79 Å². The minimum absolute atomic E-state index is 0.0761. The van der Waals surface area contributed by atoms with Gasteiger partial charge in [0.15, 0.2) is 0 Å². The number of fused-ring (bicyclic) bond motifs is 1. The summed E-state index contributed by atoms with van der Waals surface area (Å²) >= 11 is 6.38. The van der Waals surface area contributed by atoms with Gasteiger partial charge in [0.25, 0.3) is 0 Å². The van der Waals surface area contributed by atoms with Gasteiger partial charge in [0.05, 0.1) is 23.8 Å². The van der Waals surface area contributed by atoms with E-state index in [-0.39, 0.29) is 18.2 Å². The Morgan fingerprint density at radius 2 is 1.58 bits per heavy atom. The van der Waals surface area contributed by atoms with Gasteiger partial charge in [-0.3, -0.25) is 0 Å². The third-order valence-electron chi connectivity index (χ3n) is 6.32. The molecule has 0 aliphatic carbocycles. The van der Waals surface area contributed by atoms with E-state index < -0.39 is 5.97 Å². The van der Waals surface area contributed by atoms with Gasteiger partial charge >= 0.3 is 5.97 Å². The molecule has 0 heterocycles. The van der Waals surface area contributed by atoms with Gasteiger partial charge in [-0.05, 0) is 97.1 Å². The summed E-state index contributed by atoms with van der Waals surface area (Å²) < 4.78 is 10.8. The summed E-state index contributed by atoms with van der Waals surface area (Å²) in [7, 11) is 1.68. The maximum absolute atomic E-state index is 12.7. The van der Waals surface area contributed by atoms with E-state index in [1.165, 1.54) is 0 Å². The molecule has 2 atom stereocenters. The molecule has 4 nitrogen and oxygen atoms in total. The predicted octanol–water partition coefficient (Wildman–Crippen LogP) is 8.15. The van der Waals surface area contributed by atoms with Crippen LogP contribution in [0.25, 0.3) is 21.9 Å². The van der Waals surface area contributed by atoms with Gasteiger partial charge < -0.3 is 14.8 Å². The molecule has 0 bridgehead atoms. The number of benzene rings is 4. The number of hydrogen-bond donors (Lipinski definition) is 1. The number of esters is 1. The molecule has 0 aromatic heterocycles. The summed E-state index contributed by atoms with van der Waals surface area (Å²) in [5.74, 6) is 0.427. The maximum atomic E-state index is 12.7. The fourth-order valence-electron chi connectivity index (χ4n) is 4.43. The van der Waals surface area contributed by atoms with Crippen molar-refractivity contribution < 1.29 is 14.3 Å². The quantitative estimate of drug-likeness (QED) is 0.247. The second kappa shape index (κ2) is 11.2. The summed E-state index contributed by atoms with van der Waals surface area (Å²) in [5, 5.41) is 6.34. The first-order valence-electron chi connectivity index (χ1n) is 12.2. The highest BCUT2D eigenvalue weighted by Gasteiger charge is 2.18. The van der Waals surface area contributed by atoms with Crippen LogP contribution in [-0.2, 0) is 4.74 Å². The van der Waals surface area contributed by atoms with E-state index in [4.69, 9.17) is 21.1 Å². The molecule has 0 aliphatic heterocycles. The first kappa shape index (κ1) is 25.7. The summed E-state index contributed by atoms with van der Waals surface area (Å²) in [6.45, 7) is 7.97. The van der Waals surface area contributed by atoms with Crippen LogP contribution in [0.2, 0.25) is 5.02 Å². The molecule has 4 rings (SSSR count). The molecule has 0 aliphatic rings. The van der Waals surface area contributed by atoms with Crippen molar-refractivity contribution in [3.8, 4) is 16.9 Å². The number of carbonyl (C=O) groups is 1. The van der Waals surface area contributed by atoms with E-state index in [1.54, 1.807) is 13.2 Å². The van der Waals surface area contributed by atoms with Gasteiger partial charge in [0.2, 0.25) is 0 Å². The van der Waals surface area contributed by atoms with Gasteiger partial charge in [0.1, 0.15) is 5.75 Å². The number of ether oxygens (including phenoxy) is 2. The van der Waals surface area contributed by atoms with Crippen LogP contribution in [0.4, 0.5) is 0 Å². The lowest BCUT2D eigenvalue weighted by molar-refractivity contribution is 0.0378. The van der Waals surface area contributed by atoms with Crippen LogP contribution in [0, 0.1) is 0 Å².